The van der Waals surface area contributed by atoms with Crippen molar-refractivity contribution in [3.63, 3.8) is 0 Å². The van der Waals surface area contributed by atoms with Crippen LogP contribution in [0.15, 0.2) is 24.3 Å². The first-order chi connectivity index (χ1) is 11.8. The highest BCUT2D eigenvalue weighted by Crippen LogP contribution is 2.38. The Hall–Kier alpha value is -2.59. The molecule has 0 radical (unpaired) electrons. The zero-order valence-corrected chi connectivity index (χ0v) is 14.1. The standard InChI is InChI=1S/C15H16FN3O5S/c1-24-5-4-17-10-3-2-9-6-12(20)15(14(16)11(9)7-10)19-8-13(21)18-25(19,22)23/h2-3,6-7,17,20H,4-5,8H2,1H3,(H,18,21). The Balaban J connectivity index is 2.09. The number of amides is 1. The first-order valence-corrected chi connectivity index (χ1v) is 8.79. The van der Waals surface area contributed by atoms with Crippen LogP contribution in [0.25, 0.3) is 10.8 Å². The lowest BCUT2D eigenvalue weighted by Gasteiger charge is -2.18. The summed E-state index contributed by atoms with van der Waals surface area (Å²) in [6.07, 6.45) is 0. The molecule has 1 fully saturated rings. The number of benzene rings is 2. The van der Waals surface area contributed by atoms with E-state index in [0.717, 1.165) is 0 Å². The number of phenols is 1. The lowest BCUT2D eigenvalue weighted by molar-refractivity contribution is -0.117. The summed E-state index contributed by atoms with van der Waals surface area (Å²) < 4.78 is 46.0. The zero-order valence-electron chi connectivity index (χ0n) is 13.2. The molecule has 0 bridgehead atoms. The van der Waals surface area contributed by atoms with E-state index >= 15 is 0 Å². The van der Waals surface area contributed by atoms with Crippen molar-refractivity contribution in [1.29, 1.82) is 0 Å². The van der Waals surface area contributed by atoms with Gasteiger partial charge in [0, 0.05) is 24.7 Å². The summed E-state index contributed by atoms with van der Waals surface area (Å²) in [5.41, 5.74) is 0.0541. The van der Waals surface area contributed by atoms with E-state index in [4.69, 9.17) is 4.74 Å². The van der Waals surface area contributed by atoms with Gasteiger partial charge in [-0.1, -0.05) is 6.07 Å². The van der Waals surface area contributed by atoms with E-state index in [-0.39, 0.29) is 5.39 Å². The van der Waals surface area contributed by atoms with Gasteiger partial charge < -0.3 is 15.2 Å². The van der Waals surface area contributed by atoms with Gasteiger partial charge in [0.1, 0.15) is 18.0 Å². The minimum Gasteiger partial charge on any atom is -0.506 e. The number of halogens is 1. The number of nitrogens with one attached hydrogen (secondary N) is 2. The van der Waals surface area contributed by atoms with Crippen LogP contribution in [0, 0.1) is 5.82 Å². The molecule has 0 unspecified atom stereocenters. The maximum atomic E-state index is 15.0. The van der Waals surface area contributed by atoms with Gasteiger partial charge in [0.2, 0.25) is 0 Å². The van der Waals surface area contributed by atoms with Gasteiger partial charge in [-0.15, -0.1) is 0 Å². The summed E-state index contributed by atoms with van der Waals surface area (Å²) in [6, 6.07) is 6.05. The molecule has 0 aromatic heterocycles. The molecule has 1 heterocycles. The molecule has 1 aliphatic rings. The van der Waals surface area contributed by atoms with E-state index in [9.17, 15) is 22.7 Å². The van der Waals surface area contributed by atoms with Gasteiger partial charge in [-0.25, -0.2) is 13.4 Å². The SMILES string of the molecule is COCCNc1ccc2cc(O)c(N3CC(=O)NS3(=O)=O)c(F)c2c1. The second kappa shape index (κ2) is 6.37. The third-order valence-corrected chi connectivity index (χ3v) is 5.11. The van der Waals surface area contributed by atoms with Crippen LogP contribution in [0.3, 0.4) is 0 Å². The molecule has 8 nitrogen and oxygen atoms in total. The van der Waals surface area contributed by atoms with Gasteiger partial charge in [-0.2, -0.15) is 8.42 Å². The quantitative estimate of drug-likeness (QED) is 0.677. The molecule has 0 saturated carbocycles. The second-order valence-electron chi connectivity index (χ2n) is 5.45. The number of rotatable bonds is 5. The number of hydrogen-bond acceptors (Lipinski definition) is 6. The van der Waals surface area contributed by atoms with Crippen molar-refractivity contribution < 1.29 is 27.4 Å². The number of anilines is 2. The molecule has 25 heavy (non-hydrogen) atoms. The molecular weight excluding hydrogens is 353 g/mol. The Labute approximate surface area is 143 Å². The molecule has 0 aliphatic carbocycles. The first kappa shape index (κ1) is 17.2. The fourth-order valence-corrected chi connectivity index (χ4v) is 3.78. The van der Waals surface area contributed by atoms with Crippen molar-refractivity contribution in [2.45, 2.75) is 0 Å². The topological polar surface area (TPSA) is 108 Å². The van der Waals surface area contributed by atoms with Crippen molar-refractivity contribution >= 4 is 38.3 Å². The minimum absolute atomic E-state index is 0.116. The first-order valence-electron chi connectivity index (χ1n) is 7.35. The van der Waals surface area contributed by atoms with Crippen LogP contribution in [-0.4, -0.2) is 46.2 Å². The number of fused-ring (bicyclic) bond motifs is 1. The number of nitrogens with zero attached hydrogens (tertiary/aromatic N) is 1. The Morgan fingerprint density at radius 2 is 2.16 bits per heavy atom. The monoisotopic (exact) mass is 369 g/mol. The Morgan fingerprint density at radius 1 is 1.40 bits per heavy atom. The van der Waals surface area contributed by atoms with E-state index in [1.807, 2.05) is 0 Å². The molecule has 3 N–H and O–H groups in total. The van der Waals surface area contributed by atoms with Crippen LogP contribution >= 0.6 is 0 Å². The smallest absolute Gasteiger partial charge is 0.326 e. The summed E-state index contributed by atoms with van der Waals surface area (Å²) in [5, 5.41) is 13.6. The summed E-state index contributed by atoms with van der Waals surface area (Å²) in [7, 11) is -2.67. The molecule has 0 atom stereocenters. The van der Waals surface area contributed by atoms with Gasteiger partial charge >= 0.3 is 10.2 Å². The average Bonchev–Trinajstić information content (AvgIpc) is 2.81. The van der Waals surface area contributed by atoms with Crippen LogP contribution in [0.2, 0.25) is 0 Å². The van der Waals surface area contributed by atoms with Crippen molar-refractivity contribution in [1.82, 2.24) is 4.72 Å². The van der Waals surface area contributed by atoms with Crippen LogP contribution < -0.4 is 14.3 Å². The van der Waals surface area contributed by atoms with Crippen LogP contribution in [0.5, 0.6) is 5.75 Å². The molecule has 2 aromatic rings. The van der Waals surface area contributed by atoms with Crippen LogP contribution in [0.4, 0.5) is 15.8 Å². The molecule has 0 spiro atoms. The van der Waals surface area contributed by atoms with E-state index in [1.54, 1.807) is 24.0 Å². The summed E-state index contributed by atoms with van der Waals surface area (Å²) in [5.74, 6) is -2.29. The van der Waals surface area contributed by atoms with Gasteiger partial charge in [-0.3, -0.25) is 4.79 Å². The van der Waals surface area contributed by atoms with Gasteiger partial charge in [0.05, 0.1) is 6.61 Å². The molecule has 1 amide bonds. The fraction of sp³-hybridized carbons (Fsp3) is 0.267. The molecular formula is C15H16FN3O5S. The van der Waals surface area contributed by atoms with E-state index in [1.165, 1.54) is 12.1 Å². The van der Waals surface area contributed by atoms with Crippen molar-refractivity contribution in [3.8, 4) is 5.75 Å². The molecule has 3 rings (SSSR count). The lowest BCUT2D eigenvalue weighted by Crippen LogP contribution is -2.30. The van der Waals surface area contributed by atoms with Gasteiger partial charge in [-0.05, 0) is 23.6 Å². The maximum absolute atomic E-state index is 15.0. The average molecular weight is 369 g/mol. The highest BCUT2D eigenvalue weighted by molar-refractivity contribution is 7.92. The third-order valence-electron chi connectivity index (χ3n) is 3.74. The Bertz CT molecular complexity index is 948. The third kappa shape index (κ3) is 3.17. The number of ether oxygens (including phenoxy) is 1. The number of phenolic OH excluding ortho intramolecular Hbond substituents is 1. The Morgan fingerprint density at radius 3 is 2.80 bits per heavy atom. The van der Waals surface area contributed by atoms with Gasteiger partial charge in [0.15, 0.2) is 5.82 Å². The highest BCUT2D eigenvalue weighted by atomic mass is 32.2. The Kier molecular flexibility index (Phi) is 4.39. The summed E-state index contributed by atoms with van der Waals surface area (Å²) in [6.45, 7) is 0.374. The zero-order chi connectivity index (χ0) is 18.2. The van der Waals surface area contributed by atoms with Crippen molar-refractivity contribution in [2.24, 2.45) is 0 Å². The van der Waals surface area contributed by atoms with E-state index in [2.05, 4.69) is 5.32 Å². The van der Waals surface area contributed by atoms with Crippen molar-refractivity contribution in [2.75, 3.05) is 36.4 Å². The number of carbonyl (C=O) groups excluding carboxylic acids is 1. The van der Waals surface area contributed by atoms with Crippen LogP contribution in [-0.2, 0) is 19.7 Å². The number of aromatic hydroxyl groups is 1. The largest absolute Gasteiger partial charge is 0.506 e. The molecule has 1 aliphatic heterocycles. The predicted molar refractivity (Wildman–Crippen MR) is 90.3 cm³/mol. The number of hydrogen-bond donors (Lipinski definition) is 3. The van der Waals surface area contributed by atoms with E-state index in [0.29, 0.717) is 28.5 Å². The second-order valence-corrected chi connectivity index (χ2v) is 7.05. The van der Waals surface area contributed by atoms with E-state index < -0.39 is 39.9 Å². The fourth-order valence-electron chi connectivity index (χ4n) is 2.62. The van der Waals surface area contributed by atoms with Crippen LogP contribution in [0.1, 0.15) is 0 Å². The molecule has 1 saturated heterocycles. The highest BCUT2D eigenvalue weighted by Gasteiger charge is 2.37. The number of methoxy groups -OCH3 is 1. The molecule has 134 valence electrons. The lowest BCUT2D eigenvalue weighted by atomic mass is 10.1. The minimum atomic E-state index is -4.23. The number of carbonyl (C=O) groups is 1. The maximum Gasteiger partial charge on any atom is 0.326 e. The summed E-state index contributed by atoms with van der Waals surface area (Å²) in [4.78, 5) is 11.4. The van der Waals surface area contributed by atoms with Gasteiger partial charge in [0.25, 0.3) is 5.91 Å². The normalized spacial score (nSPS) is 16.2. The van der Waals surface area contributed by atoms with Crippen molar-refractivity contribution in [3.05, 3.63) is 30.1 Å². The molecule has 10 heteroatoms. The molecule has 2 aromatic carbocycles. The summed E-state index contributed by atoms with van der Waals surface area (Å²) >= 11 is 0. The predicted octanol–water partition coefficient (Wildman–Crippen LogP) is 0.924.